The second-order valence-corrected chi connectivity index (χ2v) is 8.24. The molecule has 4 aromatic rings. The molecule has 0 bridgehead atoms. The van der Waals surface area contributed by atoms with Crippen LogP contribution in [0.5, 0.6) is 5.75 Å². The predicted octanol–water partition coefficient (Wildman–Crippen LogP) is 6.07. The topological polar surface area (TPSA) is 64.6 Å². The SMILES string of the molecule is O=C(COC(=O)c1sc2cc(F)ccc2c1Cl)Nc1ccc(OCc2ccccc2)cc1. The molecule has 3 aromatic carbocycles. The Bertz CT molecular complexity index is 1260. The van der Waals surface area contributed by atoms with E-state index in [-0.39, 0.29) is 9.90 Å². The Morgan fingerprint density at radius 3 is 2.50 bits per heavy atom. The van der Waals surface area contributed by atoms with Crippen LogP contribution in [0.2, 0.25) is 5.02 Å². The molecule has 0 aliphatic carbocycles. The van der Waals surface area contributed by atoms with Gasteiger partial charge in [-0.2, -0.15) is 0 Å². The molecule has 0 saturated carbocycles. The van der Waals surface area contributed by atoms with Gasteiger partial charge in [-0.3, -0.25) is 4.79 Å². The lowest BCUT2D eigenvalue weighted by Crippen LogP contribution is -2.20. The van der Waals surface area contributed by atoms with Crippen molar-refractivity contribution in [3.05, 3.63) is 94.1 Å². The molecule has 1 amide bonds. The van der Waals surface area contributed by atoms with Crippen molar-refractivity contribution in [2.75, 3.05) is 11.9 Å². The Morgan fingerprint density at radius 1 is 1.00 bits per heavy atom. The standard InChI is InChI=1S/C24H17ClFNO4S/c25-22-19-11-6-16(26)12-20(19)32-23(22)24(29)31-14-21(28)27-17-7-9-18(10-8-17)30-13-15-4-2-1-3-5-15/h1-12H,13-14H2,(H,27,28). The van der Waals surface area contributed by atoms with Crippen LogP contribution < -0.4 is 10.1 Å². The van der Waals surface area contributed by atoms with E-state index in [0.717, 1.165) is 16.9 Å². The molecule has 1 heterocycles. The number of hydrogen-bond acceptors (Lipinski definition) is 5. The third kappa shape index (κ3) is 5.25. The van der Waals surface area contributed by atoms with E-state index in [2.05, 4.69) is 5.32 Å². The van der Waals surface area contributed by atoms with Gasteiger partial charge in [0.2, 0.25) is 0 Å². The molecule has 1 N–H and O–H groups in total. The van der Waals surface area contributed by atoms with E-state index in [1.807, 2.05) is 30.3 Å². The highest BCUT2D eigenvalue weighted by molar-refractivity contribution is 7.21. The highest BCUT2D eigenvalue weighted by Crippen LogP contribution is 2.36. The molecule has 0 aliphatic heterocycles. The van der Waals surface area contributed by atoms with Crippen molar-refractivity contribution < 1.29 is 23.5 Å². The van der Waals surface area contributed by atoms with E-state index in [4.69, 9.17) is 21.1 Å². The van der Waals surface area contributed by atoms with Gasteiger partial charge in [0, 0.05) is 15.8 Å². The molecule has 162 valence electrons. The van der Waals surface area contributed by atoms with Crippen molar-refractivity contribution in [1.29, 1.82) is 0 Å². The lowest BCUT2D eigenvalue weighted by atomic mass is 10.2. The van der Waals surface area contributed by atoms with Crippen LogP contribution in [0, 0.1) is 5.82 Å². The van der Waals surface area contributed by atoms with Crippen molar-refractivity contribution in [2.45, 2.75) is 6.61 Å². The molecular weight excluding hydrogens is 453 g/mol. The number of thiophene rings is 1. The van der Waals surface area contributed by atoms with Gasteiger partial charge < -0.3 is 14.8 Å². The van der Waals surface area contributed by atoms with Crippen LogP contribution in [0.15, 0.2) is 72.8 Å². The average molecular weight is 470 g/mol. The molecule has 0 radical (unpaired) electrons. The van der Waals surface area contributed by atoms with E-state index in [9.17, 15) is 14.0 Å². The van der Waals surface area contributed by atoms with Gasteiger partial charge in [-0.05, 0) is 48.0 Å². The summed E-state index contributed by atoms with van der Waals surface area (Å²) in [6.45, 7) is -0.0422. The Hall–Kier alpha value is -3.42. The van der Waals surface area contributed by atoms with E-state index in [0.29, 0.717) is 28.1 Å². The molecule has 4 rings (SSSR count). The molecule has 32 heavy (non-hydrogen) atoms. The van der Waals surface area contributed by atoms with Crippen LogP contribution in [-0.4, -0.2) is 18.5 Å². The van der Waals surface area contributed by atoms with Crippen LogP contribution in [0.3, 0.4) is 0 Å². The largest absolute Gasteiger partial charge is 0.489 e. The number of esters is 1. The summed E-state index contributed by atoms with van der Waals surface area (Å²) in [5.41, 5.74) is 1.59. The molecule has 5 nitrogen and oxygen atoms in total. The van der Waals surface area contributed by atoms with Crippen molar-refractivity contribution >= 4 is 50.6 Å². The van der Waals surface area contributed by atoms with Gasteiger partial charge in [-0.15, -0.1) is 11.3 Å². The number of rotatable bonds is 7. The number of anilines is 1. The van der Waals surface area contributed by atoms with Gasteiger partial charge >= 0.3 is 5.97 Å². The fourth-order valence-electron chi connectivity index (χ4n) is 2.94. The van der Waals surface area contributed by atoms with Crippen LogP contribution in [-0.2, 0) is 16.1 Å². The van der Waals surface area contributed by atoms with Crippen molar-refractivity contribution in [2.24, 2.45) is 0 Å². The van der Waals surface area contributed by atoms with Crippen LogP contribution in [0.1, 0.15) is 15.2 Å². The Balaban J connectivity index is 1.29. The fourth-order valence-corrected chi connectivity index (χ4v) is 4.37. The first kappa shape index (κ1) is 21.8. The quantitative estimate of drug-likeness (QED) is 0.334. The van der Waals surface area contributed by atoms with Gasteiger partial charge in [0.05, 0.1) is 5.02 Å². The number of fused-ring (bicyclic) bond motifs is 1. The highest BCUT2D eigenvalue weighted by atomic mass is 35.5. The predicted molar refractivity (Wildman–Crippen MR) is 123 cm³/mol. The number of carbonyl (C=O) groups excluding carboxylic acids is 2. The molecule has 0 aliphatic rings. The second-order valence-electron chi connectivity index (χ2n) is 6.81. The summed E-state index contributed by atoms with van der Waals surface area (Å²) in [4.78, 5) is 24.6. The summed E-state index contributed by atoms with van der Waals surface area (Å²) in [6, 6.07) is 20.7. The molecule has 0 atom stereocenters. The first-order valence-electron chi connectivity index (χ1n) is 9.61. The summed E-state index contributed by atoms with van der Waals surface area (Å²) >= 11 is 7.22. The zero-order valence-electron chi connectivity index (χ0n) is 16.6. The Kier molecular flexibility index (Phi) is 6.68. The highest BCUT2D eigenvalue weighted by Gasteiger charge is 2.20. The molecule has 0 spiro atoms. The maximum absolute atomic E-state index is 13.4. The molecule has 0 saturated heterocycles. The zero-order chi connectivity index (χ0) is 22.5. The van der Waals surface area contributed by atoms with Crippen molar-refractivity contribution in [3.63, 3.8) is 0 Å². The normalized spacial score (nSPS) is 10.7. The smallest absolute Gasteiger partial charge is 0.350 e. The number of benzene rings is 3. The van der Waals surface area contributed by atoms with E-state index in [1.165, 1.54) is 18.2 Å². The van der Waals surface area contributed by atoms with Gasteiger partial charge in [0.15, 0.2) is 6.61 Å². The summed E-state index contributed by atoms with van der Waals surface area (Å²) < 4.78 is 24.7. The van der Waals surface area contributed by atoms with Crippen molar-refractivity contribution in [1.82, 2.24) is 0 Å². The van der Waals surface area contributed by atoms with Crippen LogP contribution in [0.25, 0.3) is 10.1 Å². The van der Waals surface area contributed by atoms with Crippen LogP contribution >= 0.6 is 22.9 Å². The minimum Gasteiger partial charge on any atom is -0.489 e. The number of ether oxygens (including phenoxy) is 2. The summed E-state index contributed by atoms with van der Waals surface area (Å²) in [7, 11) is 0. The third-order valence-electron chi connectivity index (χ3n) is 4.50. The summed E-state index contributed by atoms with van der Waals surface area (Å²) in [6.07, 6.45) is 0. The fraction of sp³-hybridized carbons (Fsp3) is 0.0833. The molecule has 0 fully saturated rings. The number of carbonyl (C=O) groups is 2. The maximum Gasteiger partial charge on any atom is 0.350 e. The van der Waals surface area contributed by atoms with E-state index < -0.39 is 24.3 Å². The minimum absolute atomic E-state index is 0.125. The molecule has 1 aromatic heterocycles. The van der Waals surface area contributed by atoms with Gasteiger partial charge in [0.25, 0.3) is 5.91 Å². The molecular formula is C24H17ClFNO4S. The number of nitrogens with one attached hydrogen (secondary N) is 1. The minimum atomic E-state index is -0.739. The first-order valence-corrected chi connectivity index (χ1v) is 10.8. The van der Waals surface area contributed by atoms with E-state index in [1.54, 1.807) is 24.3 Å². The number of hydrogen-bond donors (Lipinski definition) is 1. The maximum atomic E-state index is 13.4. The second kappa shape index (κ2) is 9.80. The first-order chi connectivity index (χ1) is 15.5. The summed E-state index contributed by atoms with van der Waals surface area (Å²) in [5.74, 6) is -1.00. The van der Waals surface area contributed by atoms with Crippen molar-refractivity contribution in [3.8, 4) is 5.75 Å². The van der Waals surface area contributed by atoms with Gasteiger partial charge in [0.1, 0.15) is 23.1 Å². The molecule has 8 heteroatoms. The van der Waals surface area contributed by atoms with Gasteiger partial charge in [-0.1, -0.05) is 41.9 Å². The molecule has 0 unspecified atom stereocenters. The monoisotopic (exact) mass is 469 g/mol. The lowest BCUT2D eigenvalue weighted by molar-refractivity contribution is -0.119. The average Bonchev–Trinajstić information content (AvgIpc) is 3.13. The third-order valence-corrected chi connectivity index (χ3v) is 6.13. The Labute approximate surface area is 192 Å². The van der Waals surface area contributed by atoms with E-state index >= 15 is 0 Å². The number of halogens is 2. The number of amides is 1. The lowest BCUT2D eigenvalue weighted by Gasteiger charge is -2.09. The summed E-state index contributed by atoms with van der Waals surface area (Å²) in [5, 5.41) is 3.39. The zero-order valence-corrected chi connectivity index (χ0v) is 18.2. The Morgan fingerprint density at radius 2 is 1.75 bits per heavy atom. The van der Waals surface area contributed by atoms with Crippen LogP contribution in [0.4, 0.5) is 10.1 Å². The van der Waals surface area contributed by atoms with Gasteiger partial charge in [-0.25, -0.2) is 9.18 Å².